The molecule has 2 aliphatic heterocycles. The smallest absolute Gasteiger partial charge is 0.274 e. The highest BCUT2D eigenvalue weighted by atomic mass is 32.2. The van der Waals surface area contributed by atoms with E-state index >= 15 is 0 Å². The number of piperidine rings is 1. The Morgan fingerprint density at radius 3 is 2.74 bits per heavy atom. The largest absolute Gasteiger partial charge is 0.369 e. The molecule has 2 heterocycles. The number of allylic oxidation sites excluding steroid dienone is 1. The lowest BCUT2D eigenvalue weighted by Gasteiger charge is -2.54. The lowest BCUT2D eigenvalue weighted by molar-refractivity contribution is -0.0711. The van der Waals surface area contributed by atoms with Crippen LogP contribution in [0.2, 0.25) is 5.82 Å². The number of rotatable bonds is 2. The molecule has 0 aromatic heterocycles. The lowest BCUT2D eigenvalue weighted by atomic mass is 9.52. The third-order valence-corrected chi connectivity index (χ3v) is 12.4. The van der Waals surface area contributed by atoms with E-state index in [9.17, 15) is 8.42 Å². The molecule has 0 amide bonds. The van der Waals surface area contributed by atoms with Crippen LogP contribution in [0, 0.1) is 35.0 Å². The summed E-state index contributed by atoms with van der Waals surface area (Å²) in [5, 5.41) is 9.02. The first-order valence-corrected chi connectivity index (χ1v) is 15.7. The standard InChI is InChI=1S/C27H44BN3O3S/c1-15-13-27(16(2)25-24(34-27)11-18(28)14-30-25)9-7-20-21-5-4-17-10-19(31-35(29,32)33)6-8-26(17,3)23(21)12-22(15)20/h16-21,23-25,30-31H,4-14H2,1-3H3,(H2,29,32,33)/t16-,17-,18+,19-,20+,21+,23+,24-,25+,26+,27+/m1/s1. The van der Waals surface area contributed by atoms with Gasteiger partial charge in [-0.2, -0.15) is 13.1 Å². The van der Waals surface area contributed by atoms with Crippen molar-refractivity contribution in [2.45, 2.75) is 115 Å². The molecule has 0 aromatic rings. The average molecular weight is 502 g/mol. The molecule has 6 aliphatic rings. The molecule has 0 aromatic carbocycles. The van der Waals surface area contributed by atoms with Crippen molar-refractivity contribution in [1.82, 2.24) is 10.0 Å². The molecule has 0 bridgehead atoms. The molecule has 8 heteroatoms. The molecule has 0 unspecified atom stereocenters. The quantitative estimate of drug-likeness (QED) is 0.398. The number of hydrogen-bond acceptors (Lipinski definition) is 4. The Bertz CT molecular complexity index is 1000. The van der Waals surface area contributed by atoms with Gasteiger partial charge in [0.05, 0.1) is 19.6 Å². The second kappa shape index (κ2) is 8.55. The van der Waals surface area contributed by atoms with Crippen molar-refractivity contribution < 1.29 is 13.2 Å². The van der Waals surface area contributed by atoms with Crippen LogP contribution in [-0.2, 0) is 14.9 Å². The van der Waals surface area contributed by atoms with Gasteiger partial charge < -0.3 is 10.1 Å². The molecule has 4 N–H and O–H groups in total. The summed E-state index contributed by atoms with van der Waals surface area (Å²) in [5.41, 5.74) is 3.62. The second-order valence-electron chi connectivity index (χ2n) is 13.5. The van der Waals surface area contributed by atoms with E-state index in [1.165, 1.54) is 25.7 Å². The van der Waals surface area contributed by atoms with Crippen LogP contribution in [0.3, 0.4) is 0 Å². The molecule has 2 saturated heterocycles. The maximum absolute atomic E-state index is 11.6. The van der Waals surface area contributed by atoms with Crippen LogP contribution in [0.5, 0.6) is 0 Å². The van der Waals surface area contributed by atoms with Crippen molar-refractivity contribution in [2.24, 2.45) is 40.1 Å². The summed E-state index contributed by atoms with van der Waals surface area (Å²) < 4.78 is 32.9. The minimum absolute atomic E-state index is 0.00132. The third-order valence-electron chi connectivity index (χ3n) is 11.8. The normalized spacial score (nSPS) is 51.9. The molecule has 2 radical (unpaired) electrons. The fourth-order valence-corrected chi connectivity index (χ4v) is 10.7. The summed E-state index contributed by atoms with van der Waals surface area (Å²) in [6, 6.07) is 0.437. The molecular formula is C27H44BN3O3S. The van der Waals surface area contributed by atoms with E-state index in [4.69, 9.17) is 17.7 Å². The first-order chi connectivity index (χ1) is 16.5. The van der Waals surface area contributed by atoms with Crippen molar-refractivity contribution in [2.75, 3.05) is 6.54 Å². The summed E-state index contributed by atoms with van der Waals surface area (Å²) in [6.07, 6.45) is 11.4. The highest BCUT2D eigenvalue weighted by molar-refractivity contribution is 7.87. The molecular weight excluding hydrogens is 457 g/mol. The van der Waals surface area contributed by atoms with Crippen LogP contribution in [-0.4, -0.2) is 46.6 Å². The molecule has 3 saturated carbocycles. The second-order valence-corrected chi connectivity index (χ2v) is 14.8. The number of ether oxygens (including phenoxy) is 1. The average Bonchev–Trinajstić information content (AvgIpc) is 3.23. The summed E-state index contributed by atoms with van der Waals surface area (Å²) in [5.74, 6) is 3.50. The van der Waals surface area contributed by atoms with E-state index < -0.39 is 10.2 Å². The van der Waals surface area contributed by atoms with Crippen molar-refractivity contribution in [3.05, 3.63) is 11.1 Å². The Morgan fingerprint density at radius 2 is 1.97 bits per heavy atom. The lowest BCUT2D eigenvalue weighted by Crippen LogP contribution is -2.51. The number of hydrogen-bond donors (Lipinski definition) is 3. The number of nitrogens with one attached hydrogen (secondary N) is 2. The highest BCUT2D eigenvalue weighted by Crippen LogP contribution is 2.65. The van der Waals surface area contributed by atoms with Gasteiger partial charge in [-0.15, -0.1) is 0 Å². The van der Waals surface area contributed by atoms with Gasteiger partial charge in [0.25, 0.3) is 10.2 Å². The summed E-state index contributed by atoms with van der Waals surface area (Å²) in [4.78, 5) is 0. The number of nitrogens with two attached hydrogens (primary N) is 1. The van der Waals surface area contributed by atoms with Gasteiger partial charge in [-0.05, 0) is 107 Å². The van der Waals surface area contributed by atoms with Gasteiger partial charge in [0.15, 0.2) is 0 Å². The van der Waals surface area contributed by atoms with Gasteiger partial charge in [-0.25, -0.2) is 5.14 Å². The van der Waals surface area contributed by atoms with Crippen molar-refractivity contribution >= 4 is 18.1 Å². The minimum Gasteiger partial charge on any atom is -0.369 e. The maximum atomic E-state index is 11.6. The summed E-state index contributed by atoms with van der Waals surface area (Å²) in [6.45, 7) is 8.24. The molecule has 4 aliphatic carbocycles. The Balaban J connectivity index is 1.22. The van der Waals surface area contributed by atoms with Crippen molar-refractivity contribution in [1.29, 1.82) is 0 Å². The van der Waals surface area contributed by atoms with Gasteiger partial charge in [0.1, 0.15) is 0 Å². The van der Waals surface area contributed by atoms with E-state index in [2.05, 4.69) is 30.8 Å². The SMILES string of the molecule is [B][C@@H]1CN[C@H]2[C@@H](C)[C@@]3(CC[C@@H]4C(=C(C)C3)C[C@H]3[C@H]4CC[C@@H]4C[C@H](NS(N)(=O)=O)CC[C@@]43C)O[C@@H]2C1. The van der Waals surface area contributed by atoms with Crippen LogP contribution in [0.1, 0.15) is 85.0 Å². The predicted molar refractivity (Wildman–Crippen MR) is 139 cm³/mol. The summed E-state index contributed by atoms with van der Waals surface area (Å²) in [7, 11) is 2.64. The molecule has 6 nitrogen and oxygen atoms in total. The number of fused-ring (bicyclic) bond motifs is 6. The Kier molecular flexibility index (Phi) is 6.09. The van der Waals surface area contributed by atoms with E-state index in [0.29, 0.717) is 29.2 Å². The van der Waals surface area contributed by atoms with E-state index in [1.807, 2.05) is 0 Å². The molecule has 1 spiro atoms. The van der Waals surface area contributed by atoms with Crippen LogP contribution < -0.4 is 15.2 Å². The molecule has 5 fully saturated rings. The van der Waals surface area contributed by atoms with Gasteiger partial charge in [-0.3, -0.25) is 0 Å². The Labute approximate surface area is 213 Å². The van der Waals surface area contributed by atoms with Crippen molar-refractivity contribution in [3.8, 4) is 0 Å². The summed E-state index contributed by atoms with van der Waals surface area (Å²) >= 11 is 0. The van der Waals surface area contributed by atoms with Gasteiger partial charge >= 0.3 is 0 Å². The zero-order valence-electron chi connectivity index (χ0n) is 21.8. The monoisotopic (exact) mass is 501 g/mol. The third kappa shape index (κ3) is 4.09. The first kappa shape index (κ1) is 24.9. The van der Waals surface area contributed by atoms with Crippen LogP contribution in [0.4, 0.5) is 0 Å². The predicted octanol–water partition coefficient (Wildman–Crippen LogP) is 3.59. The first-order valence-electron chi connectivity index (χ1n) is 14.1. The molecule has 11 atom stereocenters. The van der Waals surface area contributed by atoms with Crippen LogP contribution in [0.15, 0.2) is 11.1 Å². The van der Waals surface area contributed by atoms with E-state index in [-0.39, 0.29) is 23.6 Å². The van der Waals surface area contributed by atoms with E-state index in [1.54, 1.807) is 11.1 Å². The highest BCUT2D eigenvalue weighted by Gasteiger charge is 2.59. The fraction of sp³-hybridized carbons (Fsp3) is 0.926. The maximum Gasteiger partial charge on any atom is 0.274 e. The zero-order valence-corrected chi connectivity index (χ0v) is 22.6. The van der Waals surface area contributed by atoms with Gasteiger partial charge in [-0.1, -0.05) is 30.8 Å². The Morgan fingerprint density at radius 1 is 1.17 bits per heavy atom. The van der Waals surface area contributed by atoms with E-state index in [0.717, 1.165) is 56.9 Å². The fourth-order valence-electron chi connectivity index (χ4n) is 10.0. The minimum atomic E-state index is -3.63. The Hall–Kier alpha value is -0.405. The van der Waals surface area contributed by atoms with Gasteiger partial charge in [0, 0.05) is 18.0 Å². The molecule has 194 valence electrons. The molecule has 6 rings (SSSR count). The molecule has 35 heavy (non-hydrogen) atoms. The van der Waals surface area contributed by atoms with Gasteiger partial charge in [0.2, 0.25) is 0 Å². The van der Waals surface area contributed by atoms with Crippen molar-refractivity contribution in [3.63, 3.8) is 0 Å². The zero-order chi connectivity index (χ0) is 24.8. The topological polar surface area (TPSA) is 93.5 Å². The van der Waals surface area contributed by atoms with Crippen LogP contribution >= 0.6 is 0 Å². The van der Waals surface area contributed by atoms with Crippen LogP contribution in [0.25, 0.3) is 0 Å².